The summed E-state index contributed by atoms with van der Waals surface area (Å²) in [5.41, 5.74) is 1.30. The molecule has 1 aromatic carbocycles. The monoisotopic (exact) mass is 221 g/mol. The van der Waals surface area contributed by atoms with Crippen molar-refractivity contribution in [1.82, 2.24) is 5.32 Å². The minimum Gasteiger partial charge on any atom is -0.494 e. The summed E-state index contributed by atoms with van der Waals surface area (Å²) in [6.07, 6.45) is 2.30. The number of nitrogens with one attached hydrogen (secondary N) is 1. The molecule has 3 nitrogen and oxygen atoms in total. The van der Waals surface area contributed by atoms with Crippen molar-refractivity contribution >= 4 is 5.91 Å². The van der Waals surface area contributed by atoms with Crippen LogP contribution in [0, 0.1) is 0 Å². The molecular formula is C13H19NO2. The van der Waals surface area contributed by atoms with E-state index in [0.29, 0.717) is 13.0 Å². The first-order valence-electron chi connectivity index (χ1n) is 5.68. The second-order valence-electron chi connectivity index (χ2n) is 3.62. The molecule has 0 saturated carbocycles. The largest absolute Gasteiger partial charge is 0.494 e. The lowest BCUT2D eigenvalue weighted by atomic mass is 10.2. The maximum absolute atomic E-state index is 10.9. The van der Waals surface area contributed by atoms with Crippen LogP contribution < -0.4 is 10.1 Å². The topological polar surface area (TPSA) is 38.3 Å². The van der Waals surface area contributed by atoms with Crippen LogP contribution >= 0.6 is 0 Å². The highest BCUT2D eigenvalue weighted by molar-refractivity contribution is 5.75. The molecule has 88 valence electrons. The number of rotatable bonds is 6. The van der Waals surface area contributed by atoms with Crippen molar-refractivity contribution in [2.75, 3.05) is 13.7 Å². The summed E-state index contributed by atoms with van der Waals surface area (Å²) < 4.78 is 5.52. The Labute approximate surface area is 96.8 Å². The number of amides is 1. The van der Waals surface area contributed by atoms with E-state index in [0.717, 1.165) is 18.6 Å². The van der Waals surface area contributed by atoms with E-state index in [1.807, 2.05) is 12.1 Å². The summed E-state index contributed by atoms with van der Waals surface area (Å²) in [6, 6.07) is 8.07. The van der Waals surface area contributed by atoms with Crippen LogP contribution in [0.4, 0.5) is 0 Å². The minimum atomic E-state index is 0.0601. The lowest BCUT2D eigenvalue weighted by Gasteiger charge is -2.06. The maximum atomic E-state index is 10.9. The van der Waals surface area contributed by atoms with Gasteiger partial charge in [0.15, 0.2) is 0 Å². The molecule has 0 saturated heterocycles. The lowest BCUT2D eigenvalue weighted by molar-refractivity contribution is -0.120. The van der Waals surface area contributed by atoms with Gasteiger partial charge in [-0.1, -0.05) is 19.1 Å². The van der Waals surface area contributed by atoms with Crippen LogP contribution in [0.25, 0.3) is 0 Å². The Hall–Kier alpha value is -1.51. The molecule has 0 aliphatic carbocycles. The molecular weight excluding hydrogens is 202 g/mol. The number of aryl methyl sites for hydroxylation is 1. The molecule has 0 spiro atoms. The normalized spacial score (nSPS) is 9.88. The molecule has 1 amide bonds. The van der Waals surface area contributed by atoms with Gasteiger partial charge in [0.05, 0.1) is 6.61 Å². The fourth-order valence-corrected chi connectivity index (χ4v) is 1.37. The van der Waals surface area contributed by atoms with Gasteiger partial charge in [-0.25, -0.2) is 0 Å². The fourth-order valence-electron chi connectivity index (χ4n) is 1.37. The van der Waals surface area contributed by atoms with E-state index in [4.69, 9.17) is 4.74 Å². The molecule has 0 unspecified atom stereocenters. The predicted molar refractivity (Wildman–Crippen MR) is 64.6 cm³/mol. The Morgan fingerprint density at radius 3 is 2.56 bits per heavy atom. The molecule has 1 rings (SSSR count). The average molecular weight is 221 g/mol. The quantitative estimate of drug-likeness (QED) is 0.747. The number of hydrogen-bond donors (Lipinski definition) is 1. The first-order valence-corrected chi connectivity index (χ1v) is 5.68. The molecule has 0 bridgehead atoms. The molecule has 0 aromatic heterocycles. The van der Waals surface area contributed by atoms with Gasteiger partial charge in [0.25, 0.3) is 0 Å². The van der Waals surface area contributed by atoms with Crippen molar-refractivity contribution in [3.05, 3.63) is 29.8 Å². The summed E-state index contributed by atoms with van der Waals surface area (Å²) >= 11 is 0. The number of hydrogen-bond acceptors (Lipinski definition) is 2. The lowest BCUT2D eigenvalue weighted by Crippen LogP contribution is -2.18. The molecule has 1 aromatic rings. The Bertz CT molecular complexity index is 319. The minimum absolute atomic E-state index is 0.0601. The molecule has 3 heteroatoms. The summed E-state index contributed by atoms with van der Waals surface area (Å²) in [5.74, 6) is 0.930. The second kappa shape index (κ2) is 6.88. The zero-order valence-electron chi connectivity index (χ0n) is 9.95. The van der Waals surface area contributed by atoms with E-state index >= 15 is 0 Å². The molecule has 0 heterocycles. The SMILES string of the molecule is CCc1ccc(OCCCC(=O)NC)cc1. The first-order chi connectivity index (χ1) is 7.76. The number of ether oxygens (including phenoxy) is 1. The van der Waals surface area contributed by atoms with Crippen molar-refractivity contribution in [2.24, 2.45) is 0 Å². The zero-order valence-corrected chi connectivity index (χ0v) is 9.95. The number of carbonyl (C=O) groups is 1. The van der Waals surface area contributed by atoms with E-state index in [1.165, 1.54) is 5.56 Å². The van der Waals surface area contributed by atoms with Crippen LogP contribution in [-0.2, 0) is 11.2 Å². The fraction of sp³-hybridized carbons (Fsp3) is 0.462. The van der Waals surface area contributed by atoms with Gasteiger partial charge in [-0.05, 0) is 30.5 Å². The highest BCUT2D eigenvalue weighted by Gasteiger charge is 1.98. The number of carbonyl (C=O) groups excluding carboxylic acids is 1. The van der Waals surface area contributed by atoms with Gasteiger partial charge >= 0.3 is 0 Å². The van der Waals surface area contributed by atoms with E-state index in [-0.39, 0.29) is 5.91 Å². The van der Waals surface area contributed by atoms with Crippen LogP contribution in [0.1, 0.15) is 25.3 Å². The van der Waals surface area contributed by atoms with Crippen LogP contribution in [0.5, 0.6) is 5.75 Å². The van der Waals surface area contributed by atoms with Crippen LogP contribution in [0.2, 0.25) is 0 Å². The summed E-state index contributed by atoms with van der Waals surface area (Å²) in [4.78, 5) is 10.9. The van der Waals surface area contributed by atoms with E-state index < -0.39 is 0 Å². The molecule has 0 radical (unpaired) electrons. The molecule has 0 aliphatic heterocycles. The summed E-state index contributed by atoms with van der Waals surface area (Å²) in [5, 5.41) is 2.58. The van der Waals surface area contributed by atoms with Gasteiger partial charge in [0, 0.05) is 13.5 Å². The molecule has 16 heavy (non-hydrogen) atoms. The van der Waals surface area contributed by atoms with E-state index in [1.54, 1.807) is 7.05 Å². The summed E-state index contributed by atoms with van der Waals surface area (Å²) in [7, 11) is 1.65. The Morgan fingerprint density at radius 1 is 1.31 bits per heavy atom. The van der Waals surface area contributed by atoms with Crippen molar-refractivity contribution < 1.29 is 9.53 Å². The van der Waals surface area contributed by atoms with Crippen molar-refractivity contribution in [3.8, 4) is 5.75 Å². The average Bonchev–Trinajstić information content (AvgIpc) is 2.35. The van der Waals surface area contributed by atoms with Crippen LogP contribution in [0.3, 0.4) is 0 Å². The van der Waals surface area contributed by atoms with Gasteiger partial charge in [-0.2, -0.15) is 0 Å². The highest BCUT2D eigenvalue weighted by atomic mass is 16.5. The van der Waals surface area contributed by atoms with E-state index in [9.17, 15) is 4.79 Å². The Morgan fingerprint density at radius 2 is 2.00 bits per heavy atom. The molecule has 0 atom stereocenters. The molecule has 0 fully saturated rings. The summed E-state index contributed by atoms with van der Waals surface area (Å²) in [6.45, 7) is 2.71. The van der Waals surface area contributed by atoms with Crippen LogP contribution in [-0.4, -0.2) is 19.6 Å². The second-order valence-corrected chi connectivity index (χ2v) is 3.62. The van der Waals surface area contributed by atoms with Crippen molar-refractivity contribution in [2.45, 2.75) is 26.2 Å². The Balaban J connectivity index is 2.24. The predicted octanol–water partition coefficient (Wildman–Crippen LogP) is 2.15. The third kappa shape index (κ3) is 4.34. The standard InChI is InChI=1S/C13H19NO2/c1-3-11-6-8-12(9-7-11)16-10-4-5-13(15)14-2/h6-9H,3-5,10H2,1-2H3,(H,14,15). The van der Waals surface area contributed by atoms with Gasteiger partial charge in [-0.15, -0.1) is 0 Å². The zero-order chi connectivity index (χ0) is 11.8. The van der Waals surface area contributed by atoms with Crippen molar-refractivity contribution in [3.63, 3.8) is 0 Å². The van der Waals surface area contributed by atoms with Crippen LogP contribution in [0.15, 0.2) is 24.3 Å². The van der Waals surface area contributed by atoms with Gasteiger partial charge in [0.1, 0.15) is 5.75 Å². The molecule has 0 aliphatic rings. The molecule has 1 N–H and O–H groups in total. The Kier molecular flexibility index (Phi) is 5.40. The van der Waals surface area contributed by atoms with E-state index in [2.05, 4.69) is 24.4 Å². The van der Waals surface area contributed by atoms with Crippen molar-refractivity contribution in [1.29, 1.82) is 0 Å². The van der Waals surface area contributed by atoms with Gasteiger partial charge < -0.3 is 10.1 Å². The van der Waals surface area contributed by atoms with Gasteiger partial charge in [0.2, 0.25) is 5.91 Å². The first kappa shape index (κ1) is 12.6. The van der Waals surface area contributed by atoms with Gasteiger partial charge in [-0.3, -0.25) is 4.79 Å². The third-order valence-electron chi connectivity index (χ3n) is 2.43. The highest BCUT2D eigenvalue weighted by Crippen LogP contribution is 2.12. The maximum Gasteiger partial charge on any atom is 0.219 e. The smallest absolute Gasteiger partial charge is 0.219 e. The number of benzene rings is 1. The third-order valence-corrected chi connectivity index (χ3v) is 2.43.